The summed E-state index contributed by atoms with van der Waals surface area (Å²) in [5, 5.41) is 16.8. The molecule has 0 aliphatic rings. The third kappa shape index (κ3) is 2.86. The number of aromatic nitrogens is 3. The number of hydrogen-bond donors (Lipinski definition) is 2. The van der Waals surface area contributed by atoms with Gasteiger partial charge in [-0.05, 0) is 18.9 Å². The average Bonchev–Trinajstić information content (AvgIpc) is 2.85. The molecule has 2 aromatic heterocycles. The summed E-state index contributed by atoms with van der Waals surface area (Å²) in [5.41, 5.74) is 1.69. The first-order valence-electron chi connectivity index (χ1n) is 5.48. The highest BCUT2D eigenvalue weighted by atomic mass is 32.1. The number of carbonyl (C=O) groups is 1. The van der Waals surface area contributed by atoms with Crippen LogP contribution in [-0.2, 0) is 13.5 Å². The molecule has 0 spiro atoms. The van der Waals surface area contributed by atoms with E-state index in [9.17, 15) is 4.79 Å². The van der Waals surface area contributed by atoms with Gasteiger partial charge in [0, 0.05) is 19.8 Å². The van der Waals surface area contributed by atoms with Crippen LogP contribution in [0.1, 0.15) is 20.9 Å². The molecule has 0 aromatic carbocycles. The van der Waals surface area contributed by atoms with Gasteiger partial charge in [0.25, 0.3) is 0 Å². The largest absolute Gasteiger partial charge is 0.477 e. The lowest BCUT2D eigenvalue weighted by atomic mass is 10.2. The van der Waals surface area contributed by atoms with Gasteiger partial charge in [0.05, 0.1) is 11.9 Å². The Balaban J connectivity index is 1.90. The molecule has 0 radical (unpaired) electrons. The molecule has 7 heteroatoms. The molecule has 0 bridgehead atoms. The average molecular weight is 266 g/mol. The molecule has 0 aliphatic heterocycles. The van der Waals surface area contributed by atoms with E-state index in [1.165, 1.54) is 11.3 Å². The zero-order valence-corrected chi connectivity index (χ0v) is 11.0. The van der Waals surface area contributed by atoms with Gasteiger partial charge in [-0.2, -0.15) is 5.10 Å². The molecular weight excluding hydrogens is 252 g/mol. The van der Waals surface area contributed by atoms with Gasteiger partial charge in [-0.3, -0.25) is 4.68 Å². The molecule has 0 fully saturated rings. The monoisotopic (exact) mass is 266 g/mol. The van der Waals surface area contributed by atoms with Crippen LogP contribution in [0.4, 0.5) is 5.13 Å². The van der Waals surface area contributed by atoms with Crippen molar-refractivity contribution in [3.05, 3.63) is 28.5 Å². The van der Waals surface area contributed by atoms with E-state index < -0.39 is 5.97 Å². The summed E-state index contributed by atoms with van der Waals surface area (Å²) < 4.78 is 1.76. The Bertz CT molecular complexity index is 561. The van der Waals surface area contributed by atoms with Crippen molar-refractivity contribution in [3.63, 3.8) is 0 Å². The summed E-state index contributed by atoms with van der Waals surface area (Å²) in [5.74, 6) is -0.926. The maximum Gasteiger partial charge on any atom is 0.347 e. The van der Waals surface area contributed by atoms with Crippen LogP contribution in [0.3, 0.4) is 0 Å². The molecule has 18 heavy (non-hydrogen) atoms. The molecule has 2 aromatic rings. The van der Waals surface area contributed by atoms with Gasteiger partial charge in [0.1, 0.15) is 4.88 Å². The van der Waals surface area contributed by atoms with E-state index in [0.717, 1.165) is 12.0 Å². The molecule has 2 N–H and O–H groups in total. The number of nitrogens with zero attached hydrogens (tertiary/aromatic N) is 3. The van der Waals surface area contributed by atoms with Crippen molar-refractivity contribution in [2.24, 2.45) is 7.05 Å². The highest BCUT2D eigenvalue weighted by molar-refractivity contribution is 7.17. The van der Waals surface area contributed by atoms with Crippen LogP contribution in [0.2, 0.25) is 0 Å². The minimum Gasteiger partial charge on any atom is -0.477 e. The smallest absolute Gasteiger partial charge is 0.347 e. The van der Waals surface area contributed by atoms with Crippen LogP contribution in [-0.4, -0.2) is 32.4 Å². The van der Waals surface area contributed by atoms with Crippen molar-refractivity contribution in [2.75, 3.05) is 11.9 Å². The Labute approximate surface area is 108 Å². The minimum atomic E-state index is -0.926. The van der Waals surface area contributed by atoms with E-state index in [1.54, 1.807) is 11.6 Å². The fourth-order valence-corrected chi connectivity index (χ4v) is 2.42. The number of carboxylic acid groups (broad SMARTS) is 1. The lowest BCUT2D eigenvalue weighted by Crippen LogP contribution is -2.03. The van der Waals surface area contributed by atoms with Crippen molar-refractivity contribution in [1.82, 2.24) is 14.8 Å². The summed E-state index contributed by atoms with van der Waals surface area (Å²) >= 11 is 1.17. The maximum atomic E-state index is 10.9. The molecule has 0 saturated heterocycles. The zero-order valence-electron chi connectivity index (χ0n) is 10.2. The predicted octanol–water partition coefficient (Wildman–Crippen LogP) is 1.54. The lowest BCUT2D eigenvalue weighted by molar-refractivity contribution is 0.0701. The Morgan fingerprint density at radius 1 is 1.61 bits per heavy atom. The van der Waals surface area contributed by atoms with Gasteiger partial charge >= 0.3 is 5.97 Å². The van der Waals surface area contributed by atoms with Crippen molar-refractivity contribution in [3.8, 4) is 0 Å². The predicted molar refractivity (Wildman–Crippen MR) is 69.2 cm³/mol. The van der Waals surface area contributed by atoms with Gasteiger partial charge < -0.3 is 10.4 Å². The summed E-state index contributed by atoms with van der Waals surface area (Å²) in [7, 11) is 1.88. The molecule has 6 nitrogen and oxygen atoms in total. The molecule has 2 heterocycles. The summed E-state index contributed by atoms with van der Waals surface area (Å²) in [4.78, 5) is 15.3. The topological polar surface area (TPSA) is 80.0 Å². The van der Waals surface area contributed by atoms with Gasteiger partial charge in [-0.1, -0.05) is 11.3 Å². The lowest BCUT2D eigenvalue weighted by Gasteiger charge is -1.99. The molecule has 0 amide bonds. The van der Waals surface area contributed by atoms with E-state index in [1.807, 2.05) is 19.4 Å². The number of aromatic carboxylic acids is 1. The SMILES string of the molecule is Cc1nc(NCCc2cnn(C)c2)sc1C(=O)O. The summed E-state index contributed by atoms with van der Waals surface area (Å²) in [6, 6.07) is 0. The first-order chi connectivity index (χ1) is 8.56. The van der Waals surface area contributed by atoms with Crippen LogP contribution < -0.4 is 5.32 Å². The van der Waals surface area contributed by atoms with E-state index in [0.29, 0.717) is 22.2 Å². The number of rotatable bonds is 5. The van der Waals surface area contributed by atoms with Crippen molar-refractivity contribution < 1.29 is 9.90 Å². The Hall–Kier alpha value is -1.89. The van der Waals surface area contributed by atoms with E-state index in [4.69, 9.17) is 5.11 Å². The van der Waals surface area contributed by atoms with Crippen LogP contribution in [0, 0.1) is 6.92 Å². The Kier molecular flexibility index (Phi) is 3.61. The number of aryl methyl sites for hydroxylation is 2. The number of hydrogen-bond acceptors (Lipinski definition) is 5. The molecule has 0 aliphatic carbocycles. The zero-order chi connectivity index (χ0) is 13.1. The minimum absolute atomic E-state index is 0.291. The molecule has 96 valence electrons. The molecule has 0 atom stereocenters. The number of nitrogens with one attached hydrogen (secondary N) is 1. The number of carboxylic acids is 1. The molecule has 0 unspecified atom stereocenters. The second-order valence-corrected chi connectivity index (χ2v) is 4.94. The van der Waals surface area contributed by atoms with Crippen molar-refractivity contribution >= 4 is 22.4 Å². The third-order valence-electron chi connectivity index (χ3n) is 2.44. The molecular formula is C11H14N4O2S. The van der Waals surface area contributed by atoms with Crippen LogP contribution in [0.15, 0.2) is 12.4 Å². The first-order valence-corrected chi connectivity index (χ1v) is 6.30. The highest BCUT2D eigenvalue weighted by Gasteiger charge is 2.13. The van der Waals surface area contributed by atoms with Gasteiger partial charge in [0.2, 0.25) is 0 Å². The van der Waals surface area contributed by atoms with Crippen molar-refractivity contribution in [1.29, 1.82) is 0 Å². The second-order valence-electron chi connectivity index (χ2n) is 3.94. The van der Waals surface area contributed by atoms with Crippen LogP contribution >= 0.6 is 11.3 Å². The quantitative estimate of drug-likeness (QED) is 0.858. The molecule has 2 rings (SSSR count). The van der Waals surface area contributed by atoms with Crippen LogP contribution in [0.5, 0.6) is 0 Å². The van der Waals surface area contributed by atoms with Gasteiger partial charge in [0.15, 0.2) is 5.13 Å². The number of anilines is 1. The number of thiazole rings is 1. The van der Waals surface area contributed by atoms with Crippen molar-refractivity contribution in [2.45, 2.75) is 13.3 Å². The standard InChI is InChI=1S/C11H14N4O2S/c1-7-9(10(16)17)18-11(14-7)12-4-3-8-5-13-15(2)6-8/h5-6H,3-4H2,1-2H3,(H,12,14)(H,16,17). The fourth-order valence-electron chi connectivity index (χ4n) is 1.59. The van der Waals surface area contributed by atoms with E-state index >= 15 is 0 Å². The maximum absolute atomic E-state index is 10.9. The summed E-state index contributed by atoms with van der Waals surface area (Å²) in [6.07, 6.45) is 4.60. The van der Waals surface area contributed by atoms with Gasteiger partial charge in [-0.25, -0.2) is 9.78 Å². The first kappa shape index (κ1) is 12.6. The van der Waals surface area contributed by atoms with Gasteiger partial charge in [-0.15, -0.1) is 0 Å². The third-order valence-corrected chi connectivity index (χ3v) is 3.54. The van der Waals surface area contributed by atoms with E-state index in [2.05, 4.69) is 15.4 Å². The Morgan fingerprint density at radius 3 is 2.94 bits per heavy atom. The van der Waals surface area contributed by atoms with Crippen LogP contribution in [0.25, 0.3) is 0 Å². The normalized spacial score (nSPS) is 10.6. The summed E-state index contributed by atoms with van der Waals surface area (Å²) in [6.45, 7) is 2.41. The fraction of sp³-hybridized carbons (Fsp3) is 0.364. The Morgan fingerprint density at radius 2 is 2.39 bits per heavy atom. The second kappa shape index (κ2) is 5.18. The molecule has 0 saturated carbocycles. The highest BCUT2D eigenvalue weighted by Crippen LogP contribution is 2.22. The van der Waals surface area contributed by atoms with E-state index in [-0.39, 0.29) is 0 Å².